The number of fused-ring (bicyclic) bond motifs is 2. The molecule has 2 heterocycles. The molecule has 1 saturated carbocycles. The Balaban J connectivity index is 1.53. The fraction of sp³-hybridized carbons (Fsp3) is 0.476. The zero-order chi connectivity index (χ0) is 17.3. The largest absolute Gasteiger partial charge is 0.497 e. The van der Waals surface area contributed by atoms with Gasteiger partial charge in [0.05, 0.1) is 12.7 Å². The molecule has 2 fully saturated rings. The molecule has 132 valence electrons. The van der Waals surface area contributed by atoms with Crippen LogP contribution in [-0.4, -0.2) is 35.2 Å². The molecule has 1 aromatic heterocycles. The quantitative estimate of drug-likeness (QED) is 0.930. The van der Waals surface area contributed by atoms with Crippen molar-refractivity contribution in [3.63, 3.8) is 0 Å². The maximum atomic E-state index is 11.6. The van der Waals surface area contributed by atoms with Gasteiger partial charge in [-0.05, 0) is 36.6 Å². The summed E-state index contributed by atoms with van der Waals surface area (Å²) in [5, 5.41) is 11.6. The molecule has 2 atom stereocenters. The van der Waals surface area contributed by atoms with Gasteiger partial charge in [-0.25, -0.2) is 0 Å². The summed E-state index contributed by atoms with van der Waals surface area (Å²) >= 11 is 0. The molecule has 2 aliphatic rings. The highest BCUT2D eigenvalue weighted by atomic mass is 16.5. The van der Waals surface area contributed by atoms with E-state index in [0.29, 0.717) is 0 Å². The van der Waals surface area contributed by atoms with E-state index >= 15 is 0 Å². The summed E-state index contributed by atoms with van der Waals surface area (Å²) in [6.07, 6.45) is 7.02. The zero-order valence-electron chi connectivity index (χ0n) is 14.8. The topological polar surface area (TPSA) is 45.6 Å². The van der Waals surface area contributed by atoms with Crippen molar-refractivity contribution in [3.05, 3.63) is 59.9 Å². The number of ether oxygens (including phenoxy) is 1. The number of aromatic nitrogens is 1. The Morgan fingerprint density at radius 1 is 1.16 bits per heavy atom. The number of likely N-dealkylation sites (tertiary alicyclic amines) is 1. The highest BCUT2D eigenvalue weighted by Gasteiger charge is 2.51. The van der Waals surface area contributed by atoms with E-state index in [1.807, 2.05) is 30.5 Å². The fourth-order valence-electron chi connectivity index (χ4n) is 4.73. The first-order chi connectivity index (χ1) is 12.2. The molecule has 1 N–H and O–H groups in total. The third kappa shape index (κ3) is 3.05. The number of piperidine rings is 1. The van der Waals surface area contributed by atoms with Gasteiger partial charge in [-0.2, -0.15) is 0 Å². The van der Waals surface area contributed by atoms with Crippen LogP contribution in [0.25, 0.3) is 0 Å². The third-order valence-electron chi connectivity index (χ3n) is 6.00. The minimum Gasteiger partial charge on any atom is -0.497 e. The smallest absolute Gasteiger partial charge is 0.118 e. The summed E-state index contributed by atoms with van der Waals surface area (Å²) in [5.74, 6) is 1.45. The molecule has 1 aromatic carbocycles. The van der Waals surface area contributed by atoms with Gasteiger partial charge < -0.3 is 9.84 Å². The number of methoxy groups -OCH3 is 1. The van der Waals surface area contributed by atoms with Crippen molar-refractivity contribution in [1.82, 2.24) is 9.88 Å². The summed E-state index contributed by atoms with van der Waals surface area (Å²) in [6, 6.07) is 12.3. The molecule has 25 heavy (non-hydrogen) atoms. The first-order valence-corrected chi connectivity index (χ1v) is 9.18. The van der Waals surface area contributed by atoms with Crippen molar-refractivity contribution < 1.29 is 9.84 Å². The number of hydrogen-bond acceptors (Lipinski definition) is 4. The van der Waals surface area contributed by atoms with E-state index in [1.54, 1.807) is 13.3 Å². The second kappa shape index (κ2) is 6.77. The van der Waals surface area contributed by atoms with Gasteiger partial charge >= 0.3 is 0 Å². The summed E-state index contributed by atoms with van der Waals surface area (Å²) in [4.78, 5) is 6.75. The Labute approximate surface area is 149 Å². The first-order valence-electron chi connectivity index (χ1n) is 9.18. The molecule has 4 heteroatoms. The molecule has 1 saturated heterocycles. The monoisotopic (exact) mass is 338 g/mol. The van der Waals surface area contributed by atoms with E-state index in [2.05, 4.69) is 22.0 Å². The Kier molecular flexibility index (Phi) is 4.48. The number of hydrogen-bond donors (Lipinski definition) is 1. The molecule has 2 bridgehead atoms. The lowest BCUT2D eigenvalue weighted by Gasteiger charge is -2.53. The van der Waals surface area contributed by atoms with Crippen molar-refractivity contribution in [2.24, 2.45) is 11.8 Å². The summed E-state index contributed by atoms with van der Waals surface area (Å²) in [5.41, 5.74) is 1.57. The normalized spacial score (nSPS) is 29.4. The van der Waals surface area contributed by atoms with Crippen LogP contribution in [0.5, 0.6) is 5.75 Å². The van der Waals surface area contributed by atoms with Crippen LogP contribution >= 0.6 is 0 Å². The van der Waals surface area contributed by atoms with E-state index in [9.17, 15) is 5.11 Å². The van der Waals surface area contributed by atoms with Crippen LogP contribution in [0.4, 0.5) is 0 Å². The van der Waals surface area contributed by atoms with Gasteiger partial charge in [-0.3, -0.25) is 9.88 Å². The number of nitrogens with zero attached hydrogens (tertiary/aromatic N) is 2. The number of aliphatic hydroxyl groups is 1. The molecular weight excluding hydrogens is 312 g/mol. The highest BCUT2D eigenvalue weighted by molar-refractivity contribution is 5.28. The number of pyridine rings is 1. The molecule has 0 amide bonds. The van der Waals surface area contributed by atoms with Gasteiger partial charge in [-0.1, -0.05) is 24.6 Å². The second-order valence-electron chi connectivity index (χ2n) is 7.43. The molecule has 0 radical (unpaired) electrons. The van der Waals surface area contributed by atoms with Gasteiger partial charge in [0.2, 0.25) is 0 Å². The molecule has 1 aliphatic carbocycles. The van der Waals surface area contributed by atoms with E-state index in [4.69, 9.17) is 4.74 Å². The molecular formula is C21H26N2O2. The van der Waals surface area contributed by atoms with Crippen molar-refractivity contribution in [1.29, 1.82) is 0 Å². The number of rotatable bonds is 4. The fourth-order valence-corrected chi connectivity index (χ4v) is 4.73. The molecule has 1 aliphatic heterocycles. The zero-order valence-corrected chi connectivity index (χ0v) is 14.8. The maximum absolute atomic E-state index is 11.6. The van der Waals surface area contributed by atoms with Crippen molar-refractivity contribution in [2.45, 2.75) is 31.4 Å². The van der Waals surface area contributed by atoms with Gasteiger partial charge in [0, 0.05) is 49.4 Å². The van der Waals surface area contributed by atoms with Crippen molar-refractivity contribution >= 4 is 0 Å². The summed E-state index contributed by atoms with van der Waals surface area (Å²) in [6.45, 7) is 2.81. The molecule has 0 unspecified atom stereocenters. The molecule has 2 aromatic rings. The van der Waals surface area contributed by atoms with Crippen LogP contribution in [0.2, 0.25) is 0 Å². The van der Waals surface area contributed by atoms with Crippen LogP contribution in [0.3, 0.4) is 0 Å². The van der Waals surface area contributed by atoms with Crippen LogP contribution < -0.4 is 4.74 Å². The van der Waals surface area contributed by atoms with Gasteiger partial charge in [-0.15, -0.1) is 0 Å². The van der Waals surface area contributed by atoms with E-state index in [-0.39, 0.29) is 11.8 Å². The Morgan fingerprint density at radius 2 is 1.88 bits per heavy atom. The molecule has 0 spiro atoms. The maximum Gasteiger partial charge on any atom is 0.118 e. The highest BCUT2D eigenvalue weighted by Crippen LogP contribution is 2.49. The average Bonchev–Trinajstić information content (AvgIpc) is 2.64. The van der Waals surface area contributed by atoms with Crippen LogP contribution in [-0.2, 0) is 12.1 Å². The predicted molar refractivity (Wildman–Crippen MR) is 97.2 cm³/mol. The lowest BCUT2D eigenvalue weighted by atomic mass is 9.63. The van der Waals surface area contributed by atoms with E-state index < -0.39 is 5.60 Å². The van der Waals surface area contributed by atoms with Gasteiger partial charge in [0.15, 0.2) is 0 Å². The average molecular weight is 338 g/mol. The van der Waals surface area contributed by atoms with E-state index in [0.717, 1.165) is 43.8 Å². The van der Waals surface area contributed by atoms with Crippen molar-refractivity contribution in [3.8, 4) is 5.75 Å². The third-order valence-corrected chi connectivity index (χ3v) is 6.00. The summed E-state index contributed by atoms with van der Waals surface area (Å²) < 4.78 is 5.24. The van der Waals surface area contributed by atoms with Gasteiger partial charge in [0.1, 0.15) is 5.75 Å². The predicted octanol–water partition coefficient (Wildman–Crippen LogP) is 3.21. The minimum absolute atomic E-state index is 0.280. The molecule has 4 rings (SSSR count). The Morgan fingerprint density at radius 3 is 2.48 bits per heavy atom. The SMILES string of the molecule is COc1ccc(CN2C[C@H]3CCC[C@H](C2)C3(O)c2cccnc2)cc1. The Bertz CT molecular complexity index is 688. The summed E-state index contributed by atoms with van der Waals surface area (Å²) in [7, 11) is 1.69. The van der Waals surface area contributed by atoms with Gasteiger partial charge in [0.25, 0.3) is 0 Å². The van der Waals surface area contributed by atoms with E-state index in [1.165, 1.54) is 12.0 Å². The minimum atomic E-state index is -0.719. The van der Waals surface area contributed by atoms with Crippen LogP contribution in [0, 0.1) is 11.8 Å². The Hall–Kier alpha value is -1.91. The number of benzene rings is 1. The van der Waals surface area contributed by atoms with Crippen LogP contribution in [0.15, 0.2) is 48.8 Å². The lowest BCUT2D eigenvalue weighted by Crippen LogP contribution is -2.57. The molecule has 4 nitrogen and oxygen atoms in total. The lowest BCUT2D eigenvalue weighted by molar-refractivity contribution is -0.148. The standard InChI is InChI=1S/C21H26N2O2/c1-25-20-9-7-16(8-10-20)13-23-14-18-4-2-5-19(15-23)21(18,24)17-6-3-11-22-12-17/h3,6-12,18-19,24H,2,4-5,13-15H2,1H3/t18-,19-/m1/s1. The second-order valence-corrected chi connectivity index (χ2v) is 7.43. The van der Waals surface area contributed by atoms with Crippen LogP contribution in [0.1, 0.15) is 30.4 Å². The van der Waals surface area contributed by atoms with Crippen molar-refractivity contribution in [2.75, 3.05) is 20.2 Å². The first kappa shape index (κ1) is 16.6.